The van der Waals surface area contributed by atoms with Gasteiger partial charge in [-0.25, -0.2) is 4.79 Å². The summed E-state index contributed by atoms with van der Waals surface area (Å²) in [5.74, 6) is -4.63. The summed E-state index contributed by atoms with van der Waals surface area (Å²) >= 11 is 0. The molecule has 13 atom stereocenters. The standard InChI is InChI=1S/C44H68N6O9/c1-13-35-44(9)38(50(42(54)59-44)20-15-14-19-49-24-33(46-47-49)31-17-16-18-32(45)22-31)28(5)36(51)25(2)23-43(8,55-12)39(29(6)37(52)30(7)40(53)57-35)58-41-27(4)34(48(10)11)21-26(3)56-41/h16-18,22,24-30,34-35,38-39,41H,13-15,19-21,23,45H2,1-12H3/t25-,26-,27-,28+,29+,30-,34+,35-,38-,39-,41+,43+,44-/m1/s1. The number of methoxy groups -OCH3 is 1. The van der Waals surface area contributed by atoms with Crippen molar-refractivity contribution in [2.45, 2.75) is 149 Å². The number of rotatable bonds is 11. The Hall–Kier alpha value is -3.92. The van der Waals surface area contributed by atoms with Crippen molar-refractivity contribution in [3.8, 4) is 11.3 Å². The Kier molecular flexibility index (Phi) is 14.7. The molecule has 2 aromatic rings. The number of carbonyl (C=O) groups is 4. The number of aromatic nitrogens is 3. The number of ether oxygens (including phenoxy) is 5. The second kappa shape index (κ2) is 18.8. The second-order valence-electron chi connectivity index (χ2n) is 17.9. The van der Waals surface area contributed by atoms with E-state index in [0.29, 0.717) is 30.8 Å². The van der Waals surface area contributed by atoms with Crippen LogP contribution in [0.15, 0.2) is 30.5 Å². The summed E-state index contributed by atoms with van der Waals surface area (Å²) in [5.41, 5.74) is 5.61. The predicted octanol–water partition coefficient (Wildman–Crippen LogP) is 5.79. The SMILES string of the molecule is CC[C@H]1OC(=O)[C@H](C)C(=O)[C@H](C)[C@@H](O[C@@H]2O[C@H](C)C[C@H](N(C)C)[C@H]2C)[C@@](C)(OC)C[C@@H](C)C(=O)[C@H](C)[C@H]2N(CCCCn3cc(-c4cccc(N)c4)nn3)C(=O)O[C@]12C. The smallest absolute Gasteiger partial charge is 0.410 e. The first-order valence-corrected chi connectivity index (χ1v) is 21.3. The van der Waals surface area contributed by atoms with Gasteiger partial charge in [0, 0.05) is 61.2 Å². The van der Waals surface area contributed by atoms with Crippen molar-refractivity contribution in [1.29, 1.82) is 0 Å². The molecule has 0 spiro atoms. The van der Waals surface area contributed by atoms with E-state index in [2.05, 4.69) is 22.1 Å². The molecule has 15 nitrogen and oxygen atoms in total. The lowest BCUT2D eigenvalue weighted by molar-refractivity contribution is -0.280. The fourth-order valence-electron chi connectivity index (χ4n) is 9.83. The maximum atomic E-state index is 14.8. The van der Waals surface area contributed by atoms with Crippen LogP contribution in [0.4, 0.5) is 10.5 Å². The highest BCUT2D eigenvalue weighted by atomic mass is 16.7. The molecule has 0 bridgehead atoms. The molecule has 15 heteroatoms. The molecule has 1 aromatic heterocycles. The summed E-state index contributed by atoms with van der Waals surface area (Å²) in [6.07, 6.45) is 1.18. The molecule has 0 aliphatic carbocycles. The number of fused-ring (bicyclic) bond motifs is 1. The lowest BCUT2D eigenvalue weighted by Gasteiger charge is -2.47. The van der Waals surface area contributed by atoms with Crippen LogP contribution in [-0.4, -0.2) is 124 Å². The van der Waals surface area contributed by atoms with Gasteiger partial charge in [-0.2, -0.15) is 0 Å². The van der Waals surface area contributed by atoms with Gasteiger partial charge in [-0.1, -0.05) is 52.0 Å². The molecule has 4 heterocycles. The van der Waals surface area contributed by atoms with Crippen molar-refractivity contribution in [3.05, 3.63) is 30.5 Å². The maximum absolute atomic E-state index is 14.8. The van der Waals surface area contributed by atoms with Crippen LogP contribution in [0, 0.1) is 29.6 Å². The number of nitrogens with two attached hydrogens (primary N) is 1. The van der Waals surface area contributed by atoms with Crippen LogP contribution in [0.5, 0.6) is 0 Å². The molecule has 328 valence electrons. The van der Waals surface area contributed by atoms with Crippen molar-refractivity contribution < 1.29 is 42.9 Å². The van der Waals surface area contributed by atoms with E-state index in [1.807, 2.05) is 79.2 Å². The number of hydrogen-bond acceptors (Lipinski definition) is 13. The van der Waals surface area contributed by atoms with Crippen LogP contribution in [0.1, 0.15) is 94.4 Å². The molecule has 0 unspecified atom stereocenters. The number of nitrogen functional groups attached to an aromatic ring is 1. The Morgan fingerprint density at radius 2 is 1.68 bits per heavy atom. The largest absolute Gasteiger partial charge is 0.458 e. The van der Waals surface area contributed by atoms with E-state index < -0.39 is 71.5 Å². The zero-order chi connectivity index (χ0) is 43.6. The topological polar surface area (TPSA) is 178 Å². The third-order valence-corrected chi connectivity index (χ3v) is 13.3. The van der Waals surface area contributed by atoms with Crippen LogP contribution in [0.3, 0.4) is 0 Å². The molecule has 2 N–H and O–H groups in total. The van der Waals surface area contributed by atoms with Gasteiger partial charge in [0.25, 0.3) is 0 Å². The number of amides is 1. The molecule has 1 amide bonds. The Balaban J connectivity index is 1.43. The Morgan fingerprint density at radius 3 is 2.32 bits per heavy atom. The maximum Gasteiger partial charge on any atom is 0.410 e. The summed E-state index contributed by atoms with van der Waals surface area (Å²) in [5, 5.41) is 8.58. The average molecular weight is 825 g/mol. The van der Waals surface area contributed by atoms with Crippen molar-refractivity contribution in [3.63, 3.8) is 0 Å². The number of esters is 1. The number of ketones is 2. The number of benzene rings is 1. The van der Waals surface area contributed by atoms with Gasteiger partial charge < -0.3 is 39.2 Å². The van der Waals surface area contributed by atoms with Gasteiger partial charge in [-0.3, -0.25) is 19.1 Å². The third kappa shape index (κ3) is 9.68. The zero-order valence-corrected chi connectivity index (χ0v) is 37.2. The third-order valence-electron chi connectivity index (χ3n) is 13.3. The van der Waals surface area contributed by atoms with Gasteiger partial charge in [0.1, 0.15) is 23.5 Å². The van der Waals surface area contributed by atoms with E-state index in [1.165, 1.54) is 0 Å². The van der Waals surface area contributed by atoms with Crippen LogP contribution in [-0.2, 0) is 44.6 Å². The number of unbranched alkanes of at least 4 members (excludes halogenated alkanes) is 1. The summed E-state index contributed by atoms with van der Waals surface area (Å²) < 4.78 is 33.6. The highest BCUT2D eigenvalue weighted by molar-refractivity contribution is 6.00. The number of anilines is 1. The molecule has 3 fully saturated rings. The number of hydrogen-bond donors (Lipinski definition) is 1. The minimum Gasteiger partial charge on any atom is -0.458 e. The van der Waals surface area contributed by atoms with Gasteiger partial charge >= 0.3 is 12.1 Å². The Morgan fingerprint density at radius 1 is 0.983 bits per heavy atom. The Labute approximate surface area is 349 Å². The fourth-order valence-corrected chi connectivity index (χ4v) is 9.83. The van der Waals surface area contributed by atoms with E-state index in [-0.39, 0.29) is 49.0 Å². The highest BCUT2D eigenvalue weighted by Crippen LogP contribution is 2.43. The number of Topliss-reactive ketones (excluding diaryl/α,β-unsaturated/α-hetero) is 2. The number of aryl methyl sites for hydroxylation is 1. The van der Waals surface area contributed by atoms with Crippen molar-refractivity contribution in [2.75, 3.05) is 33.5 Å². The lowest BCUT2D eigenvalue weighted by atomic mass is 9.73. The molecule has 0 radical (unpaired) electrons. The molecule has 0 saturated carbocycles. The summed E-state index contributed by atoms with van der Waals surface area (Å²) in [6, 6.07) is 6.82. The first-order valence-electron chi connectivity index (χ1n) is 21.3. The van der Waals surface area contributed by atoms with E-state index in [1.54, 1.807) is 37.5 Å². The quantitative estimate of drug-likeness (QED) is 0.125. The molecular weight excluding hydrogens is 757 g/mol. The molecule has 5 rings (SSSR count). The van der Waals surface area contributed by atoms with Crippen LogP contribution < -0.4 is 5.73 Å². The Bertz CT molecular complexity index is 1800. The van der Waals surface area contributed by atoms with E-state index >= 15 is 0 Å². The van der Waals surface area contributed by atoms with E-state index in [0.717, 1.165) is 12.0 Å². The summed E-state index contributed by atoms with van der Waals surface area (Å²) in [6.45, 7) is 17.3. The minimum atomic E-state index is -1.39. The highest BCUT2D eigenvalue weighted by Gasteiger charge is 2.60. The van der Waals surface area contributed by atoms with Crippen LogP contribution >= 0.6 is 0 Å². The molecular formula is C44H68N6O9. The number of cyclic esters (lactones) is 1. The summed E-state index contributed by atoms with van der Waals surface area (Å²) in [4.78, 5) is 60.8. The van der Waals surface area contributed by atoms with Crippen molar-refractivity contribution in [1.82, 2.24) is 24.8 Å². The van der Waals surface area contributed by atoms with Crippen molar-refractivity contribution in [2.24, 2.45) is 29.6 Å². The van der Waals surface area contributed by atoms with Crippen LogP contribution in [0.2, 0.25) is 0 Å². The van der Waals surface area contributed by atoms with Crippen LogP contribution in [0.25, 0.3) is 11.3 Å². The lowest BCUT2D eigenvalue weighted by Crippen LogP contribution is -2.59. The number of carbonyl (C=O) groups excluding carboxylic acids is 4. The molecule has 3 saturated heterocycles. The van der Waals surface area contributed by atoms with Gasteiger partial charge in [0.05, 0.1) is 30.0 Å². The fraction of sp³-hybridized carbons (Fsp3) is 0.727. The molecule has 3 aliphatic rings. The molecule has 3 aliphatic heterocycles. The van der Waals surface area contributed by atoms with Crippen molar-refractivity contribution >= 4 is 29.3 Å². The van der Waals surface area contributed by atoms with Gasteiger partial charge in [-0.05, 0) is 86.0 Å². The normalized spacial score (nSPS) is 36.3. The monoisotopic (exact) mass is 825 g/mol. The first kappa shape index (κ1) is 46.2. The van der Waals surface area contributed by atoms with Gasteiger partial charge in [-0.15, -0.1) is 5.10 Å². The van der Waals surface area contributed by atoms with E-state index in [4.69, 9.17) is 29.4 Å². The molecule has 1 aromatic carbocycles. The van der Waals surface area contributed by atoms with E-state index in [9.17, 15) is 19.2 Å². The first-order chi connectivity index (χ1) is 27.8. The van der Waals surface area contributed by atoms with Gasteiger partial charge in [0.2, 0.25) is 0 Å². The minimum absolute atomic E-state index is 0.0594. The average Bonchev–Trinajstić information content (AvgIpc) is 3.77. The number of nitrogens with zero attached hydrogens (tertiary/aromatic N) is 5. The predicted molar refractivity (Wildman–Crippen MR) is 222 cm³/mol. The second-order valence-corrected chi connectivity index (χ2v) is 17.9. The molecule has 59 heavy (non-hydrogen) atoms. The zero-order valence-electron chi connectivity index (χ0n) is 37.2. The summed E-state index contributed by atoms with van der Waals surface area (Å²) in [7, 11) is 5.61. The van der Waals surface area contributed by atoms with Gasteiger partial charge in [0.15, 0.2) is 17.7 Å².